The van der Waals surface area contributed by atoms with E-state index in [1.807, 2.05) is 41.2 Å². The summed E-state index contributed by atoms with van der Waals surface area (Å²) >= 11 is 0. The number of benzene rings is 1. The number of carbonyl (C=O) groups excluding carboxylic acids is 1. The molecule has 1 amide bonds. The number of carbonyl (C=O) groups is 1. The maximum absolute atomic E-state index is 12.8. The highest BCUT2D eigenvalue weighted by atomic mass is 16.5. The van der Waals surface area contributed by atoms with Crippen molar-refractivity contribution in [1.82, 2.24) is 25.0 Å². The molecule has 0 bridgehead atoms. The van der Waals surface area contributed by atoms with E-state index in [2.05, 4.69) is 28.4 Å². The van der Waals surface area contributed by atoms with E-state index in [-0.39, 0.29) is 12.0 Å². The molecular weight excluding hydrogens is 394 g/mol. The second-order valence-corrected chi connectivity index (χ2v) is 7.66. The molecule has 0 spiro atoms. The van der Waals surface area contributed by atoms with Gasteiger partial charge < -0.3 is 14.8 Å². The molecular formula is C23H29N5O3. The number of hydrogen-bond acceptors (Lipinski definition) is 6. The summed E-state index contributed by atoms with van der Waals surface area (Å²) in [5.74, 6) is -0.128. The molecule has 1 atom stereocenters. The van der Waals surface area contributed by atoms with Gasteiger partial charge in [-0.05, 0) is 19.1 Å². The van der Waals surface area contributed by atoms with Crippen LogP contribution in [-0.2, 0) is 22.6 Å². The number of para-hydroxylation sites is 1. The Balaban J connectivity index is 1.55. The Kier molecular flexibility index (Phi) is 6.91. The quantitative estimate of drug-likeness (QED) is 0.561. The number of aryl methyl sites for hydroxylation is 1. The van der Waals surface area contributed by atoms with Crippen molar-refractivity contribution in [3.05, 3.63) is 59.5 Å². The van der Waals surface area contributed by atoms with Crippen LogP contribution in [0.3, 0.4) is 0 Å². The predicted octanol–water partition coefficient (Wildman–Crippen LogP) is 2.40. The van der Waals surface area contributed by atoms with Crippen molar-refractivity contribution in [2.75, 3.05) is 40.0 Å². The fraction of sp³-hybridized carbons (Fsp3) is 0.435. The average molecular weight is 424 g/mol. The smallest absolute Gasteiger partial charge is 0.252 e. The Hall–Kier alpha value is -2.81. The Labute approximate surface area is 182 Å². The summed E-state index contributed by atoms with van der Waals surface area (Å²) in [6, 6.07) is 9.59. The van der Waals surface area contributed by atoms with Gasteiger partial charge in [0.25, 0.3) is 5.91 Å². The first kappa shape index (κ1) is 21.4. The number of rotatable bonds is 8. The van der Waals surface area contributed by atoms with Crippen LogP contribution in [0.5, 0.6) is 0 Å². The van der Waals surface area contributed by atoms with E-state index in [4.69, 9.17) is 14.5 Å². The van der Waals surface area contributed by atoms with Gasteiger partial charge in [0.15, 0.2) is 0 Å². The third-order valence-corrected chi connectivity index (χ3v) is 5.47. The lowest BCUT2D eigenvalue weighted by atomic mass is 10.0. The van der Waals surface area contributed by atoms with Gasteiger partial charge in [-0.1, -0.05) is 18.2 Å². The number of hydrogen-bond donors (Lipinski definition) is 1. The first-order valence-corrected chi connectivity index (χ1v) is 10.7. The van der Waals surface area contributed by atoms with Crippen molar-refractivity contribution in [2.24, 2.45) is 0 Å². The van der Waals surface area contributed by atoms with Crippen LogP contribution in [0.2, 0.25) is 0 Å². The Morgan fingerprint density at radius 3 is 3.03 bits per heavy atom. The molecule has 0 saturated carbocycles. The van der Waals surface area contributed by atoms with Crippen LogP contribution in [0.15, 0.2) is 42.7 Å². The highest BCUT2D eigenvalue weighted by Gasteiger charge is 2.25. The topological polar surface area (TPSA) is 81.5 Å². The van der Waals surface area contributed by atoms with Crippen molar-refractivity contribution >= 4 is 16.8 Å². The Morgan fingerprint density at radius 1 is 1.35 bits per heavy atom. The molecule has 3 heterocycles. The lowest BCUT2D eigenvalue weighted by Gasteiger charge is -2.32. The number of fused-ring (bicyclic) bond motifs is 1. The maximum atomic E-state index is 12.8. The minimum absolute atomic E-state index is 0.128. The van der Waals surface area contributed by atoms with E-state index in [0.717, 1.165) is 36.2 Å². The van der Waals surface area contributed by atoms with Crippen molar-refractivity contribution in [1.29, 1.82) is 0 Å². The van der Waals surface area contributed by atoms with Crippen molar-refractivity contribution in [3.8, 4) is 0 Å². The lowest BCUT2D eigenvalue weighted by Crippen LogP contribution is -2.38. The second kappa shape index (κ2) is 10.00. The second-order valence-electron chi connectivity index (χ2n) is 7.66. The molecule has 1 N–H and O–H groups in total. The Morgan fingerprint density at radius 2 is 2.23 bits per heavy atom. The van der Waals surface area contributed by atoms with Gasteiger partial charge >= 0.3 is 0 Å². The van der Waals surface area contributed by atoms with E-state index in [9.17, 15) is 4.79 Å². The molecule has 0 radical (unpaired) electrons. The van der Waals surface area contributed by atoms with E-state index in [1.165, 1.54) is 5.56 Å². The van der Waals surface area contributed by atoms with Crippen LogP contribution in [0, 0.1) is 0 Å². The highest BCUT2D eigenvalue weighted by molar-refractivity contribution is 6.06. The average Bonchev–Trinajstić information content (AvgIpc) is 3.26. The maximum Gasteiger partial charge on any atom is 0.252 e. The number of aromatic nitrogens is 3. The Bertz CT molecular complexity index is 1030. The largest absolute Gasteiger partial charge is 0.383 e. The zero-order chi connectivity index (χ0) is 21.6. The van der Waals surface area contributed by atoms with Gasteiger partial charge in [0.1, 0.15) is 6.10 Å². The summed E-state index contributed by atoms with van der Waals surface area (Å²) in [4.78, 5) is 20.0. The van der Waals surface area contributed by atoms with E-state index >= 15 is 0 Å². The fourth-order valence-electron chi connectivity index (χ4n) is 3.85. The standard InChI is InChI=1S/C23H29N5O3/c1-3-28-15-17(13-25-28)14-27-9-11-31-22(16-27)21-12-19(23(29)24-8-10-30-2)18-6-4-5-7-20(18)26-21/h4-7,12-13,15,22H,3,8-11,14,16H2,1-2H3,(H,24,29)/t22-/m1/s1. The van der Waals surface area contributed by atoms with Gasteiger partial charge in [0.2, 0.25) is 0 Å². The normalized spacial score (nSPS) is 17.2. The molecule has 31 heavy (non-hydrogen) atoms. The molecule has 2 aromatic heterocycles. The van der Waals surface area contributed by atoms with Crippen molar-refractivity contribution in [2.45, 2.75) is 26.1 Å². The number of ether oxygens (including phenoxy) is 2. The van der Waals surface area contributed by atoms with Gasteiger partial charge in [0.05, 0.1) is 36.2 Å². The first-order chi connectivity index (χ1) is 15.2. The van der Waals surface area contributed by atoms with Gasteiger partial charge in [-0.2, -0.15) is 5.10 Å². The highest BCUT2D eigenvalue weighted by Crippen LogP contribution is 2.26. The van der Waals surface area contributed by atoms with Gasteiger partial charge in [-0.3, -0.25) is 14.4 Å². The number of morpholine rings is 1. The predicted molar refractivity (Wildman–Crippen MR) is 118 cm³/mol. The van der Waals surface area contributed by atoms with E-state index in [1.54, 1.807) is 7.11 Å². The van der Waals surface area contributed by atoms with E-state index in [0.29, 0.717) is 31.9 Å². The molecule has 1 fully saturated rings. The van der Waals surface area contributed by atoms with Crippen LogP contribution in [0.25, 0.3) is 10.9 Å². The molecule has 1 aliphatic heterocycles. The molecule has 1 aromatic carbocycles. The summed E-state index contributed by atoms with van der Waals surface area (Å²) < 4.78 is 13.0. The molecule has 8 nitrogen and oxygen atoms in total. The minimum Gasteiger partial charge on any atom is -0.383 e. The van der Waals surface area contributed by atoms with Gasteiger partial charge in [0, 0.05) is 57.0 Å². The molecule has 164 valence electrons. The zero-order valence-corrected chi connectivity index (χ0v) is 18.1. The zero-order valence-electron chi connectivity index (χ0n) is 18.1. The number of pyridine rings is 1. The van der Waals surface area contributed by atoms with Crippen LogP contribution < -0.4 is 5.32 Å². The third-order valence-electron chi connectivity index (χ3n) is 5.47. The minimum atomic E-state index is -0.190. The number of nitrogens with zero attached hydrogens (tertiary/aromatic N) is 4. The van der Waals surface area contributed by atoms with Crippen LogP contribution in [0.1, 0.15) is 34.6 Å². The van der Waals surface area contributed by atoms with Gasteiger partial charge in [-0.15, -0.1) is 0 Å². The van der Waals surface area contributed by atoms with Crippen LogP contribution in [-0.4, -0.2) is 65.5 Å². The van der Waals surface area contributed by atoms with E-state index < -0.39 is 0 Å². The van der Waals surface area contributed by atoms with Crippen LogP contribution in [0.4, 0.5) is 0 Å². The molecule has 1 aliphatic rings. The van der Waals surface area contributed by atoms with Gasteiger partial charge in [-0.25, -0.2) is 4.98 Å². The monoisotopic (exact) mass is 423 g/mol. The summed E-state index contributed by atoms with van der Waals surface area (Å²) in [6.07, 6.45) is 3.82. The SMILES string of the molecule is CCn1cc(CN2CCO[C@@H](c3cc(C(=O)NCCOC)c4ccccc4n3)C2)cn1. The first-order valence-electron chi connectivity index (χ1n) is 10.7. The molecule has 3 aromatic rings. The molecule has 0 unspecified atom stereocenters. The number of methoxy groups -OCH3 is 1. The summed E-state index contributed by atoms with van der Waals surface area (Å²) in [7, 11) is 1.62. The number of nitrogens with one attached hydrogen (secondary N) is 1. The lowest BCUT2D eigenvalue weighted by molar-refractivity contribution is -0.0348. The third kappa shape index (κ3) is 5.10. The molecule has 0 aliphatic carbocycles. The number of amides is 1. The molecule has 1 saturated heterocycles. The summed E-state index contributed by atoms with van der Waals surface area (Å²) in [5.41, 5.74) is 3.38. The summed E-state index contributed by atoms with van der Waals surface area (Å²) in [5, 5.41) is 8.12. The molecule has 8 heteroatoms. The van der Waals surface area contributed by atoms with Crippen LogP contribution >= 0.6 is 0 Å². The molecule has 4 rings (SSSR count). The fourth-order valence-corrected chi connectivity index (χ4v) is 3.85. The van der Waals surface area contributed by atoms with Crippen molar-refractivity contribution < 1.29 is 14.3 Å². The van der Waals surface area contributed by atoms with Crippen molar-refractivity contribution in [3.63, 3.8) is 0 Å². The summed E-state index contributed by atoms with van der Waals surface area (Å²) in [6.45, 7) is 6.88.